The van der Waals surface area contributed by atoms with Gasteiger partial charge in [-0.05, 0) is 38.5 Å². The average molecular weight is 441 g/mol. The minimum atomic E-state index is -5.08. The van der Waals surface area contributed by atoms with E-state index in [4.69, 9.17) is 19.6 Å². The van der Waals surface area contributed by atoms with Gasteiger partial charge in [-0.25, -0.2) is 19.7 Å². The number of ether oxygens (including phenoxy) is 1. The molecular formula is C20H26F3N5O3. The minimum absolute atomic E-state index is 0.483. The molecule has 2 heterocycles. The Labute approximate surface area is 177 Å². The summed E-state index contributed by atoms with van der Waals surface area (Å²) in [5.74, 6) is 0.00350. The monoisotopic (exact) mass is 441 g/mol. The number of carboxylic acids is 1. The molecule has 8 nitrogen and oxygen atoms in total. The van der Waals surface area contributed by atoms with E-state index in [1.807, 2.05) is 6.20 Å². The van der Waals surface area contributed by atoms with E-state index in [-0.39, 0.29) is 0 Å². The topological polar surface area (TPSA) is 104 Å². The van der Waals surface area contributed by atoms with Crippen LogP contribution in [0.1, 0.15) is 42.9 Å². The molecule has 0 aliphatic heterocycles. The zero-order chi connectivity index (χ0) is 22.4. The van der Waals surface area contributed by atoms with Gasteiger partial charge in [-0.15, -0.1) is 0 Å². The van der Waals surface area contributed by atoms with Gasteiger partial charge in [-0.3, -0.25) is 0 Å². The first-order valence-electron chi connectivity index (χ1n) is 10.2. The molecule has 0 radical (unpaired) electrons. The molecule has 4 rings (SSSR count). The van der Waals surface area contributed by atoms with Crippen LogP contribution in [0.2, 0.25) is 0 Å². The number of aromatic nitrogens is 4. The van der Waals surface area contributed by atoms with E-state index in [2.05, 4.69) is 32.8 Å². The highest BCUT2D eigenvalue weighted by Gasteiger charge is 2.38. The lowest BCUT2D eigenvalue weighted by Crippen LogP contribution is -2.29. The predicted molar refractivity (Wildman–Crippen MR) is 105 cm³/mol. The summed E-state index contributed by atoms with van der Waals surface area (Å²) in [7, 11) is 0. The number of nitrogens with one attached hydrogen (secondary N) is 1. The molecule has 2 aliphatic rings. The van der Waals surface area contributed by atoms with Gasteiger partial charge in [-0.1, -0.05) is 0 Å². The quantitative estimate of drug-likeness (QED) is 0.615. The molecule has 2 saturated carbocycles. The summed E-state index contributed by atoms with van der Waals surface area (Å²) in [6.07, 6.45) is 5.05. The maximum Gasteiger partial charge on any atom is 0.490 e. The lowest BCUT2D eigenvalue weighted by atomic mass is 10.2. The Morgan fingerprint density at radius 2 is 2.00 bits per heavy atom. The highest BCUT2D eigenvalue weighted by Crippen LogP contribution is 2.32. The summed E-state index contributed by atoms with van der Waals surface area (Å²) < 4.78 is 37.6. The smallest absolute Gasteiger partial charge is 0.475 e. The van der Waals surface area contributed by atoms with Crippen molar-refractivity contribution >= 4 is 11.8 Å². The number of imidazole rings is 1. The van der Waals surface area contributed by atoms with Gasteiger partial charge in [0, 0.05) is 30.9 Å². The molecule has 2 aromatic rings. The molecule has 0 unspecified atom stereocenters. The van der Waals surface area contributed by atoms with Gasteiger partial charge in [0.25, 0.3) is 0 Å². The van der Waals surface area contributed by atoms with Crippen molar-refractivity contribution in [3.05, 3.63) is 35.8 Å². The molecule has 0 spiro atoms. The number of hydrogen-bond donors (Lipinski definition) is 2. The third-order valence-corrected chi connectivity index (χ3v) is 4.78. The highest BCUT2D eigenvalue weighted by atomic mass is 19.4. The Morgan fingerprint density at radius 1 is 1.29 bits per heavy atom. The van der Waals surface area contributed by atoms with E-state index in [0.717, 1.165) is 55.1 Å². The number of halogens is 3. The van der Waals surface area contributed by atoms with E-state index >= 15 is 0 Å². The van der Waals surface area contributed by atoms with Crippen LogP contribution in [-0.2, 0) is 22.5 Å². The molecular weight excluding hydrogens is 415 g/mol. The van der Waals surface area contributed by atoms with E-state index in [1.54, 1.807) is 6.33 Å². The number of alkyl halides is 3. The number of aliphatic carboxylic acids is 1. The van der Waals surface area contributed by atoms with Crippen LogP contribution in [0.25, 0.3) is 0 Å². The Balaban J connectivity index is 0.000000339. The molecule has 0 aromatic carbocycles. The average Bonchev–Trinajstić information content (AvgIpc) is 3.61. The number of carbonyl (C=O) groups is 1. The van der Waals surface area contributed by atoms with Crippen LogP contribution in [0, 0.1) is 12.8 Å². The number of H-pyrrole nitrogens is 1. The summed E-state index contributed by atoms with van der Waals surface area (Å²) >= 11 is 0. The number of hydrogen-bond acceptors (Lipinski definition) is 6. The molecule has 170 valence electrons. The Hall–Kier alpha value is -2.69. The van der Waals surface area contributed by atoms with E-state index in [0.29, 0.717) is 6.10 Å². The summed E-state index contributed by atoms with van der Waals surface area (Å²) in [5.41, 5.74) is 2.12. The number of aromatic amines is 1. The molecule has 2 fully saturated rings. The summed E-state index contributed by atoms with van der Waals surface area (Å²) in [5, 5.41) is 7.12. The fourth-order valence-corrected chi connectivity index (χ4v) is 2.86. The van der Waals surface area contributed by atoms with Crippen LogP contribution in [-0.4, -0.2) is 56.4 Å². The van der Waals surface area contributed by atoms with E-state index in [1.165, 1.54) is 25.7 Å². The number of carboxylic acid groups (broad SMARTS) is 1. The van der Waals surface area contributed by atoms with Gasteiger partial charge in [-0.2, -0.15) is 13.2 Å². The molecule has 2 N–H and O–H groups in total. The van der Waals surface area contributed by atoms with Crippen molar-refractivity contribution in [3.8, 4) is 0 Å². The number of nitrogens with zero attached hydrogens (tertiary/aromatic N) is 4. The van der Waals surface area contributed by atoms with Crippen molar-refractivity contribution in [1.82, 2.24) is 19.9 Å². The molecule has 0 atom stereocenters. The lowest BCUT2D eigenvalue weighted by Gasteiger charge is -2.24. The van der Waals surface area contributed by atoms with Crippen LogP contribution in [0.3, 0.4) is 0 Å². The second kappa shape index (κ2) is 10.1. The maximum absolute atomic E-state index is 10.6. The third kappa shape index (κ3) is 8.16. The number of aryl methyl sites for hydroxylation is 1. The standard InChI is InChI=1S/C18H25N5O.C2HF3O2/c1-13-8-18(22-17(21-13)9-14-2-3-14)23(6-7-24-16-4-5-16)11-15-10-19-12-20-15;3-2(4,5)1(6)7/h8,10,12,14,16H,2-7,9,11H2,1H3,(H,19,20);(H,6,7). The summed E-state index contributed by atoms with van der Waals surface area (Å²) in [4.78, 5) is 27.9. The van der Waals surface area contributed by atoms with E-state index in [9.17, 15) is 13.2 Å². The van der Waals surface area contributed by atoms with Gasteiger partial charge >= 0.3 is 12.1 Å². The first-order valence-corrected chi connectivity index (χ1v) is 10.2. The predicted octanol–water partition coefficient (Wildman–Crippen LogP) is 3.28. The first kappa shape index (κ1) is 23.0. The van der Waals surface area contributed by atoms with Gasteiger partial charge < -0.3 is 19.7 Å². The Bertz CT molecular complexity index is 852. The van der Waals surface area contributed by atoms with Crippen molar-refractivity contribution in [3.63, 3.8) is 0 Å². The van der Waals surface area contributed by atoms with Gasteiger partial charge in [0.15, 0.2) is 0 Å². The fraction of sp³-hybridized carbons (Fsp3) is 0.600. The fourth-order valence-electron chi connectivity index (χ4n) is 2.86. The van der Waals surface area contributed by atoms with Crippen molar-refractivity contribution in [2.24, 2.45) is 5.92 Å². The van der Waals surface area contributed by atoms with Crippen molar-refractivity contribution in [2.75, 3.05) is 18.1 Å². The largest absolute Gasteiger partial charge is 0.490 e. The molecule has 11 heteroatoms. The van der Waals surface area contributed by atoms with Crippen LogP contribution < -0.4 is 4.90 Å². The molecule has 2 aliphatic carbocycles. The number of anilines is 1. The molecule has 31 heavy (non-hydrogen) atoms. The maximum atomic E-state index is 10.6. The van der Waals surface area contributed by atoms with Crippen LogP contribution >= 0.6 is 0 Å². The molecule has 0 saturated heterocycles. The molecule has 0 bridgehead atoms. The third-order valence-electron chi connectivity index (χ3n) is 4.78. The van der Waals surface area contributed by atoms with Gasteiger partial charge in [0.2, 0.25) is 0 Å². The van der Waals surface area contributed by atoms with Crippen molar-refractivity contribution < 1.29 is 27.8 Å². The highest BCUT2D eigenvalue weighted by molar-refractivity contribution is 5.73. The summed E-state index contributed by atoms with van der Waals surface area (Å²) in [6, 6.07) is 2.07. The normalized spacial score (nSPS) is 15.9. The zero-order valence-electron chi connectivity index (χ0n) is 17.2. The van der Waals surface area contributed by atoms with Crippen LogP contribution in [0.4, 0.5) is 19.0 Å². The van der Waals surface area contributed by atoms with Crippen molar-refractivity contribution in [1.29, 1.82) is 0 Å². The first-order chi connectivity index (χ1) is 14.7. The van der Waals surface area contributed by atoms with Gasteiger partial charge in [0.1, 0.15) is 11.6 Å². The van der Waals surface area contributed by atoms with Crippen LogP contribution in [0.15, 0.2) is 18.6 Å². The molecule has 0 amide bonds. The lowest BCUT2D eigenvalue weighted by molar-refractivity contribution is -0.192. The van der Waals surface area contributed by atoms with Gasteiger partial charge in [0.05, 0.1) is 31.3 Å². The number of rotatable bonds is 9. The van der Waals surface area contributed by atoms with Crippen molar-refractivity contribution in [2.45, 2.75) is 57.9 Å². The Kier molecular flexibility index (Phi) is 7.47. The van der Waals surface area contributed by atoms with E-state index < -0.39 is 12.1 Å². The SMILES string of the molecule is Cc1cc(N(CCOC2CC2)Cc2cnc[nH]2)nc(CC2CC2)n1.O=C(O)C(F)(F)F. The second-order valence-corrected chi connectivity index (χ2v) is 7.80. The second-order valence-electron chi connectivity index (χ2n) is 7.80. The van der Waals surface area contributed by atoms with Crippen LogP contribution in [0.5, 0.6) is 0 Å². The zero-order valence-corrected chi connectivity index (χ0v) is 17.2. The molecule has 2 aromatic heterocycles. The summed E-state index contributed by atoms with van der Waals surface area (Å²) in [6.45, 7) is 4.37. The Morgan fingerprint density at radius 3 is 2.55 bits per heavy atom. The minimum Gasteiger partial charge on any atom is -0.475 e.